The van der Waals surface area contributed by atoms with Gasteiger partial charge in [0, 0.05) is 20.1 Å². The van der Waals surface area contributed by atoms with Crippen molar-refractivity contribution in [2.24, 2.45) is 0 Å². The highest BCUT2D eigenvalue weighted by molar-refractivity contribution is 6.07. The maximum Gasteiger partial charge on any atom is 0.325 e. The number of carbonyl (C=O) groups excluding carboxylic acids is 3. The van der Waals surface area contributed by atoms with Crippen molar-refractivity contribution in [3.63, 3.8) is 0 Å². The van der Waals surface area contributed by atoms with Gasteiger partial charge in [0.1, 0.15) is 12.1 Å². The van der Waals surface area contributed by atoms with E-state index in [0.717, 1.165) is 4.90 Å². The van der Waals surface area contributed by atoms with Crippen LogP contribution >= 0.6 is 0 Å². The van der Waals surface area contributed by atoms with Gasteiger partial charge in [0.2, 0.25) is 5.91 Å². The van der Waals surface area contributed by atoms with Crippen LogP contribution in [0.15, 0.2) is 0 Å². The van der Waals surface area contributed by atoms with E-state index in [9.17, 15) is 14.4 Å². The molecule has 2 aliphatic rings. The van der Waals surface area contributed by atoms with Gasteiger partial charge in [0.15, 0.2) is 0 Å². The molecule has 0 aromatic rings. The molecule has 0 aliphatic carbocycles. The third kappa shape index (κ3) is 2.44. The first-order valence-corrected chi connectivity index (χ1v) is 6.46. The summed E-state index contributed by atoms with van der Waals surface area (Å²) in [5, 5.41) is 13.9. The third-order valence-electron chi connectivity index (χ3n) is 3.83. The van der Waals surface area contributed by atoms with Crippen molar-refractivity contribution in [2.75, 3.05) is 33.2 Å². The number of likely N-dealkylation sites (N-methyl/N-ethyl adjacent to an activating group) is 1. The average molecular weight is 279 g/mol. The Morgan fingerprint density at radius 3 is 2.65 bits per heavy atom. The Morgan fingerprint density at radius 1 is 1.45 bits per heavy atom. The Hall–Kier alpha value is -2.14. The molecule has 2 saturated heterocycles. The van der Waals surface area contributed by atoms with E-state index in [-0.39, 0.29) is 24.9 Å². The van der Waals surface area contributed by atoms with Gasteiger partial charge in [-0.25, -0.2) is 9.69 Å². The van der Waals surface area contributed by atoms with Crippen molar-refractivity contribution in [1.29, 1.82) is 5.26 Å². The van der Waals surface area contributed by atoms with Gasteiger partial charge in [0.25, 0.3) is 5.91 Å². The number of nitrogens with zero attached hydrogens (tertiary/aromatic N) is 3. The van der Waals surface area contributed by atoms with E-state index in [2.05, 4.69) is 10.6 Å². The number of nitrogens with one attached hydrogen (secondary N) is 2. The number of nitriles is 1. The molecule has 108 valence electrons. The smallest absolute Gasteiger partial charge is 0.325 e. The van der Waals surface area contributed by atoms with Crippen LogP contribution in [0.5, 0.6) is 0 Å². The van der Waals surface area contributed by atoms with Crippen LogP contribution < -0.4 is 10.6 Å². The van der Waals surface area contributed by atoms with Gasteiger partial charge in [-0.15, -0.1) is 0 Å². The molecule has 2 fully saturated rings. The summed E-state index contributed by atoms with van der Waals surface area (Å²) < 4.78 is 0. The molecular weight excluding hydrogens is 262 g/mol. The van der Waals surface area contributed by atoms with Crippen molar-refractivity contribution in [2.45, 2.75) is 18.4 Å². The average Bonchev–Trinajstić information content (AvgIpc) is 2.66. The van der Waals surface area contributed by atoms with Crippen molar-refractivity contribution in [1.82, 2.24) is 20.4 Å². The second kappa shape index (κ2) is 5.46. The number of hydrogen-bond donors (Lipinski definition) is 2. The maximum atomic E-state index is 12.3. The minimum absolute atomic E-state index is 0.0751. The van der Waals surface area contributed by atoms with Gasteiger partial charge in [-0.1, -0.05) is 0 Å². The van der Waals surface area contributed by atoms with E-state index in [1.54, 1.807) is 7.05 Å². The van der Waals surface area contributed by atoms with Crippen LogP contribution in [0, 0.1) is 11.3 Å². The highest BCUT2D eigenvalue weighted by atomic mass is 16.2. The molecule has 2 heterocycles. The van der Waals surface area contributed by atoms with Crippen LogP contribution in [0.2, 0.25) is 0 Å². The number of piperidine rings is 1. The summed E-state index contributed by atoms with van der Waals surface area (Å²) in [4.78, 5) is 38.2. The molecule has 20 heavy (non-hydrogen) atoms. The zero-order valence-electron chi connectivity index (χ0n) is 11.3. The second-order valence-corrected chi connectivity index (χ2v) is 5.01. The van der Waals surface area contributed by atoms with E-state index < -0.39 is 11.6 Å². The minimum Gasteiger partial charge on any atom is -0.358 e. The molecule has 2 N–H and O–H groups in total. The minimum atomic E-state index is -0.896. The van der Waals surface area contributed by atoms with Crippen molar-refractivity contribution in [3.8, 4) is 6.07 Å². The van der Waals surface area contributed by atoms with Crippen LogP contribution in [0.25, 0.3) is 0 Å². The number of imide groups is 1. The molecule has 2 aliphatic heterocycles. The maximum absolute atomic E-state index is 12.3. The van der Waals surface area contributed by atoms with Gasteiger partial charge in [-0.05, 0) is 12.8 Å². The number of urea groups is 1. The summed E-state index contributed by atoms with van der Waals surface area (Å²) in [7, 11) is 1.58. The number of rotatable bonds is 3. The first kappa shape index (κ1) is 14.3. The molecule has 0 unspecified atom stereocenters. The van der Waals surface area contributed by atoms with Crippen LogP contribution in [0.4, 0.5) is 4.79 Å². The number of likely N-dealkylation sites (tertiary alicyclic amines) is 1. The van der Waals surface area contributed by atoms with Crippen molar-refractivity contribution < 1.29 is 14.4 Å². The van der Waals surface area contributed by atoms with Gasteiger partial charge >= 0.3 is 6.03 Å². The van der Waals surface area contributed by atoms with Crippen LogP contribution in [0.1, 0.15) is 12.8 Å². The zero-order valence-corrected chi connectivity index (χ0v) is 11.3. The van der Waals surface area contributed by atoms with Gasteiger partial charge < -0.3 is 10.6 Å². The Kier molecular flexibility index (Phi) is 3.90. The standard InChI is InChI=1S/C12H17N5O3/c1-14-9(18)8-16-5-2-12(3-6-16)10(19)17(7-4-13)11(20)15-12/h2-3,5-8H2,1H3,(H,14,18)(H,15,20). The first-order chi connectivity index (χ1) is 9.52. The lowest BCUT2D eigenvalue weighted by Gasteiger charge is -2.36. The summed E-state index contributed by atoms with van der Waals surface area (Å²) >= 11 is 0. The van der Waals surface area contributed by atoms with Gasteiger partial charge in [0.05, 0.1) is 12.6 Å². The molecule has 0 radical (unpaired) electrons. The molecule has 0 bridgehead atoms. The molecule has 0 aromatic carbocycles. The fraction of sp³-hybridized carbons (Fsp3) is 0.667. The lowest BCUT2D eigenvalue weighted by molar-refractivity contribution is -0.132. The third-order valence-corrected chi connectivity index (χ3v) is 3.83. The van der Waals surface area contributed by atoms with Crippen LogP contribution in [-0.2, 0) is 9.59 Å². The molecule has 1 spiro atoms. The van der Waals surface area contributed by atoms with E-state index in [1.165, 1.54) is 0 Å². The fourth-order valence-electron chi connectivity index (χ4n) is 2.60. The molecule has 4 amide bonds. The zero-order chi connectivity index (χ0) is 14.8. The first-order valence-electron chi connectivity index (χ1n) is 6.46. The molecule has 0 aromatic heterocycles. The summed E-state index contributed by atoms with van der Waals surface area (Å²) in [6.07, 6.45) is 0.910. The Labute approximate surface area is 116 Å². The molecule has 8 nitrogen and oxygen atoms in total. The Morgan fingerprint density at radius 2 is 2.10 bits per heavy atom. The topological polar surface area (TPSA) is 106 Å². The predicted molar refractivity (Wildman–Crippen MR) is 68.3 cm³/mol. The normalized spacial score (nSPS) is 21.7. The molecule has 2 rings (SSSR count). The van der Waals surface area contributed by atoms with E-state index in [4.69, 9.17) is 5.26 Å². The highest BCUT2D eigenvalue weighted by Gasteiger charge is 2.52. The lowest BCUT2D eigenvalue weighted by atomic mass is 9.87. The molecule has 8 heteroatoms. The monoisotopic (exact) mass is 279 g/mol. The van der Waals surface area contributed by atoms with Gasteiger partial charge in [-0.2, -0.15) is 5.26 Å². The van der Waals surface area contributed by atoms with Crippen molar-refractivity contribution in [3.05, 3.63) is 0 Å². The summed E-state index contributed by atoms with van der Waals surface area (Å²) in [6, 6.07) is 1.31. The molecule has 0 atom stereocenters. The van der Waals surface area contributed by atoms with E-state index >= 15 is 0 Å². The number of carbonyl (C=O) groups is 3. The summed E-state index contributed by atoms with van der Waals surface area (Å²) in [5.74, 6) is -0.405. The second-order valence-electron chi connectivity index (χ2n) is 5.01. The van der Waals surface area contributed by atoms with Crippen LogP contribution in [0.3, 0.4) is 0 Å². The lowest BCUT2D eigenvalue weighted by Crippen LogP contribution is -2.55. The SMILES string of the molecule is CNC(=O)CN1CCC2(CC1)NC(=O)N(CC#N)C2=O. The number of amides is 4. The van der Waals surface area contributed by atoms with Gasteiger partial charge in [-0.3, -0.25) is 14.5 Å². The summed E-state index contributed by atoms with van der Waals surface area (Å²) in [5.41, 5.74) is -0.896. The van der Waals surface area contributed by atoms with E-state index in [0.29, 0.717) is 25.9 Å². The molecule has 0 saturated carbocycles. The highest BCUT2D eigenvalue weighted by Crippen LogP contribution is 2.29. The largest absolute Gasteiger partial charge is 0.358 e. The summed E-state index contributed by atoms with van der Waals surface area (Å²) in [6.45, 7) is 1.17. The van der Waals surface area contributed by atoms with E-state index in [1.807, 2.05) is 11.0 Å². The number of hydrogen-bond acceptors (Lipinski definition) is 5. The quantitative estimate of drug-likeness (QED) is 0.490. The molecular formula is C12H17N5O3. The fourth-order valence-corrected chi connectivity index (χ4v) is 2.60. The Balaban J connectivity index is 1.99. The van der Waals surface area contributed by atoms with Crippen LogP contribution in [-0.4, -0.2) is 66.4 Å². The Bertz CT molecular complexity index is 476. The predicted octanol–water partition coefficient (Wildman–Crippen LogP) is -1.36. The van der Waals surface area contributed by atoms with Crippen molar-refractivity contribution >= 4 is 17.8 Å².